The largest absolute Gasteiger partial charge is 0.446 e. The number of aromatic nitrogens is 2. The molecule has 1 fully saturated rings. The zero-order valence-electron chi connectivity index (χ0n) is 18.4. The van der Waals surface area contributed by atoms with Crippen LogP contribution < -0.4 is 10.6 Å². The number of alkyl carbamates (subject to hydrolysis) is 1. The lowest BCUT2D eigenvalue weighted by Gasteiger charge is -2.22. The van der Waals surface area contributed by atoms with E-state index in [-0.39, 0.29) is 35.2 Å². The average Bonchev–Trinajstić information content (AvgIpc) is 3.30. The standard InChI is InChI=1S/C22H30N4O4S/c1-13-19(14-6-8-18(10-14)30-21(27)24-22(2,3)4)25-26-20(13)23-17-7-5-15-11-31(28,29)12-16(15)9-17/h5,7,9,14,18H,6,8,10-12H2,1-4H3,(H,24,27)(H2,23,25,26)/t14-,18+/m0/s1. The summed E-state index contributed by atoms with van der Waals surface area (Å²) in [6, 6.07) is 5.65. The fraction of sp³-hybridized carbons (Fsp3) is 0.545. The number of rotatable bonds is 4. The molecule has 31 heavy (non-hydrogen) atoms. The first-order valence-corrected chi connectivity index (χ1v) is 12.4. The molecule has 0 spiro atoms. The van der Waals surface area contributed by atoms with Crippen LogP contribution in [0, 0.1) is 6.92 Å². The Balaban J connectivity index is 1.40. The van der Waals surface area contributed by atoms with Crippen LogP contribution in [0.1, 0.15) is 68.3 Å². The number of aromatic amines is 1. The summed E-state index contributed by atoms with van der Waals surface area (Å²) in [6.07, 6.45) is 2.03. The highest BCUT2D eigenvalue weighted by atomic mass is 32.2. The van der Waals surface area contributed by atoms with E-state index in [9.17, 15) is 13.2 Å². The summed E-state index contributed by atoms with van der Waals surface area (Å²) in [6.45, 7) is 7.79. The minimum atomic E-state index is -3.02. The van der Waals surface area contributed by atoms with E-state index in [0.29, 0.717) is 0 Å². The molecule has 4 rings (SSSR count). The summed E-state index contributed by atoms with van der Waals surface area (Å²) in [5.41, 5.74) is 4.30. The number of H-pyrrole nitrogens is 1. The number of hydrogen-bond acceptors (Lipinski definition) is 6. The molecule has 0 unspecified atom stereocenters. The topological polar surface area (TPSA) is 113 Å². The second kappa shape index (κ2) is 7.85. The minimum absolute atomic E-state index is 0.0922. The van der Waals surface area contributed by atoms with Crippen molar-refractivity contribution in [2.24, 2.45) is 0 Å². The van der Waals surface area contributed by atoms with Crippen LogP contribution in [0.2, 0.25) is 0 Å². The molecule has 0 radical (unpaired) electrons. The van der Waals surface area contributed by atoms with Gasteiger partial charge in [0, 0.05) is 28.4 Å². The van der Waals surface area contributed by atoms with Crippen LogP contribution >= 0.6 is 0 Å². The summed E-state index contributed by atoms with van der Waals surface area (Å²) in [7, 11) is -3.02. The Hall–Kier alpha value is -2.55. The number of ether oxygens (including phenoxy) is 1. The second-order valence-corrected chi connectivity index (χ2v) is 11.7. The van der Waals surface area contributed by atoms with Crippen LogP contribution in [-0.2, 0) is 26.1 Å². The molecular weight excluding hydrogens is 416 g/mol. The first-order valence-electron chi connectivity index (χ1n) is 10.6. The van der Waals surface area contributed by atoms with Crippen molar-refractivity contribution in [3.8, 4) is 0 Å². The predicted octanol–water partition coefficient (Wildman–Crippen LogP) is 4.05. The summed E-state index contributed by atoms with van der Waals surface area (Å²) >= 11 is 0. The van der Waals surface area contributed by atoms with Gasteiger partial charge < -0.3 is 15.4 Å². The molecule has 2 aromatic rings. The Morgan fingerprint density at radius 2 is 1.94 bits per heavy atom. The van der Waals surface area contributed by atoms with Crippen molar-refractivity contribution in [2.45, 2.75) is 76.0 Å². The van der Waals surface area contributed by atoms with Crippen LogP contribution in [0.5, 0.6) is 0 Å². The maximum atomic E-state index is 12.1. The van der Waals surface area contributed by atoms with E-state index in [2.05, 4.69) is 20.8 Å². The lowest BCUT2D eigenvalue weighted by molar-refractivity contribution is 0.0936. The summed E-state index contributed by atoms with van der Waals surface area (Å²) in [5.74, 6) is 1.19. The molecule has 2 heterocycles. The molecule has 9 heteroatoms. The van der Waals surface area contributed by atoms with E-state index >= 15 is 0 Å². The second-order valence-electron chi connectivity index (χ2n) is 9.66. The van der Waals surface area contributed by atoms with Gasteiger partial charge in [-0.05, 0) is 70.2 Å². The first-order chi connectivity index (χ1) is 14.5. The molecule has 1 amide bonds. The lowest BCUT2D eigenvalue weighted by Crippen LogP contribution is -2.42. The number of carbonyl (C=O) groups excluding carboxylic acids is 1. The van der Waals surface area contributed by atoms with Gasteiger partial charge in [0.15, 0.2) is 15.7 Å². The van der Waals surface area contributed by atoms with Gasteiger partial charge in [-0.2, -0.15) is 5.10 Å². The van der Waals surface area contributed by atoms with Gasteiger partial charge in [-0.15, -0.1) is 0 Å². The van der Waals surface area contributed by atoms with Gasteiger partial charge in [-0.1, -0.05) is 6.07 Å². The van der Waals surface area contributed by atoms with E-state index in [1.54, 1.807) is 0 Å². The van der Waals surface area contributed by atoms with Crippen molar-refractivity contribution in [3.05, 3.63) is 40.6 Å². The SMILES string of the molecule is Cc1c(Nc2ccc3c(c2)CS(=O)(=O)C3)n[nH]c1[C@H]1CC[C@@H](OC(=O)NC(C)(C)C)C1. The number of anilines is 2. The maximum Gasteiger partial charge on any atom is 0.407 e. The lowest BCUT2D eigenvalue weighted by atomic mass is 10.0. The Kier molecular flexibility index (Phi) is 5.49. The van der Waals surface area contributed by atoms with Gasteiger partial charge in [0.1, 0.15) is 6.10 Å². The normalized spacial score (nSPS) is 22.2. The van der Waals surface area contributed by atoms with Gasteiger partial charge >= 0.3 is 6.09 Å². The van der Waals surface area contributed by atoms with Crippen molar-refractivity contribution < 1.29 is 17.9 Å². The molecule has 1 aromatic heterocycles. The Morgan fingerprint density at radius 1 is 1.19 bits per heavy atom. The predicted molar refractivity (Wildman–Crippen MR) is 119 cm³/mol. The molecule has 2 aliphatic rings. The number of hydrogen-bond donors (Lipinski definition) is 3. The van der Waals surface area contributed by atoms with Crippen LogP contribution in [0.3, 0.4) is 0 Å². The third-order valence-corrected chi connectivity index (χ3v) is 7.31. The first kappa shape index (κ1) is 21.7. The zero-order valence-corrected chi connectivity index (χ0v) is 19.2. The molecular formula is C22H30N4O4S. The Bertz CT molecular complexity index is 1100. The van der Waals surface area contributed by atoms with Crippen LogP contribution in [-0.4, -0.2) is 36.4 Å². The van der Waals surface area contributed by atoms with Crippen LogP contribution in [0.15, 0.2) is 18.2 Å². The quantitative estimate of drug-likeness (QED) is 0.653. The molecule has 0 bridgehead atoms. The number of amides is 1. The molecule has 1 aromatic carbocycles. The molecule has 1 aliphatic heterocycles. The third kappa shape index (κ3) is 5.03. The molecule has 2 atom stereocenters. The van der Waals surface area contributed by atoms with Gasteiger partial charge in [0.05, 0.1) is 11.5 Å². The maximum absolute atomic E-state index is 12.1. The zero-order chi connectivity index (χ0) is 22.4. The van der Waals surface area contributed by atoms with E-state index in [1.165, 1.54) is 0 Å². The van der Waals surface area contributed by atoms with E-state index in [0.717, 1.165) is 53.2 Å². The number of fused-ring (bicyclic) bond motifs is 1. The average molecular weight is 447 g/mol. The number of nitrogens with zero attached hydrogens (tertiary/aromatic N) is 1. The highest BCUT2D eigenvalue weighted by Gasteiger charge is 2.32. The van der Waals surface area contributed by atoms with Gasteiger partial charge in [0.2, 0.25) is 0 Å². The summed E-state index contributed by atoms with van der Waals surface area (Å²) < 4.78 is 29.3. The summed E-state index contributed by atoms with van der Waals surface area (Å²) in [5, 5.41) is 13.7. The van der Waals surface area contributed by atoms with Crippen molar-refractivity contribution in [1.82, 2.24) is 15.5 Å². The highest BCUT2D eigenvalue weighted by molar-refractivity contribution is 7.90. The molecule has 3 N–H and O–H groups in total. The van der Waals surface area contributed by atoms with E-state index < -0.39 is 9.84 Å². The number of carbonyl (C=O) groups is 1. The van der Waals surface area contributed by atoms with Crippen molar-refractivity contribution >= 4 is 27.4 Å². The number of benzene rings is 1. The molecule has 168 valence electrons. The molecule has 0 saturated heterocycles. The Labute approximate surface area is 183 Å². The third-order valence-electron chi connectivity index (χ3n) is 5.81. The number of sulfone groups is 1. The van der Waals surface area contributed by atoms with E-state index in [1.807, 2.05) is 45.9 Å². The monoisotopic (exact) mass is 446 g/mol. The van der Waals surface area contributed by atoms with Gasteiger partial charge in [0.25, 0.3) is 0 Å². The number of nitrogens with one attached hydrogen (secondary N) is 3. The highest BCUT2D eigenvalue weighted by Crippen LogP contribution is 2.38. The van der Waals surface area contributed by atoms with Crippen molar-refractivity contribution in [1.29, 1.82) is 0 Å². The fourth-order valence-corrected chi connectivity index (χ4v) is 5.97. The van der Waals surface area contributed by atoms with Crippen LogP contribution in [0.25, 0.3) is 0 Å². The molecule has 1 aliphatic carbocycles. The van der Waals surface area contributed by atoms with Gasteiger partial charge in [-0.25, -0.2) is 13.2 Å². The smallest absolute Gasteiger partial charge is 0.407 e. The Morgan fingerprint density at radius 3 is 2.68 bits per heavy atom. The van der Waals surface area contributed by atoms with E-state index in [4.69, 9.17) is 4.74 Å². The fourth-order valence-electron chi connectivity index (χ4n) is 4.37. The molecule has 8 nitrogen and oxygen atoms in total. The van der Waals surface area contributed by atoms with Crippen molar-refractivity contribution in [3.63, 3.8) is 0 Å². The molecule has 1 saturated carbocycles. The van der Waals surface area contributed by atoms with Gasteiger partial charge in [-0.3, -0.25) is 5.10 Å². The van der Waals surface area contributed by atoms with Crippen LogP contribution in [0.4, 0.5) is 16.3 Å². The summed E-state index contributed by atoms with van der Waals surface area (Å²) in [4.78, 5) is 12.1. The van der Waals surface area contributed by atoms with Crippen molar-refractivity contribution in [2.75, 3.05) is 5.32 Å². The minimum Gasteiger partial charge on any atom is -0.446 e.